The van der Waals surface area contributed by atoms with Gasteiger partial charge in [0.25, 0.3) is 0 Å². The second-order valence-electron chi connectivity index (χ2n) is 12.4. The SMILES string of the molecule is C[C@H](CCC([O-])=NCC(=O)O)[C@H]1CC[C@H]2[C@@H]3CC[C@@H]4C[C@H](OS(=O)(=O)O)CC[C@]4(C)[C@H]3CC[C@]12C. The standard InChI is InChI=1S/C26H43NO7S/c1-16(4-9-23(28)27-15-24(29)30)20-7-8-21-19-6-5-17-14-18(34-35(31,32)33)10-12-25(17,2)22(19)11-13-26(20,21)3/h16-22H,4-15H2,1-3H3,(H,27,28)(H,29,30)(H,31,32,33)/p-1/t16-,17-,18-,19+,20-,21+,22+,25+,26-/m1/s1. The van der Waals surface area contributed by atoms with Gasteiger partial charge in [-0.2, -0.15) is 8.42 Å². The molecular weight excluding hydrogens is 470 g/mol. The lowest BCUT2D eigenvalue weighted by Crippen LogP contribution is -2.54. The lowest BCUT2D eigenvalue weighted by atomic mass is 9.44. The Hall–Kier alpha value is -1.19. The first-order chi connectivity index (χ1) is 16.3. The summed E-state index contributed by atoms with van der Waals surface area (Å²) < 4.78 is 36.6. The molecule has 0 spiro atoms. The second kappa shape index (κ2) is 9.93. The minimum atomic E-state index is -4.41. The molecule has 0 aromatic rings. The van der Waals surface area contributed by atoms with Gasteiger partial charge >= 0.3 is 16.4 Å². The first-order valence-electron chi connectivity index (χ1n) is 13.4. The Morgan fingerprint density at radius 3 is 2.46 bits per heavy atom. The Labute approximate surface area is 209 Å². The predicted octanol–water partition coefficient (Wildman–Crippen LogP) is 4.09. The second-order valence-corrected chi connectivity index (χ2v) is 13.5. The molecule has 200 valence electrons. The molecule has 9 heteroatoms. The lowest BCUT2D eigenvalue weighted by molar-refractivity contribution is -0.219. The summed E-state index contributed by atoms with van der Waals surface area (Å²) in [5.74, 6) is 2.07. The van der Waals surface area contributed by atoms with Crippen LogP contribution in [0.2, 0.25) is 0 Å². The molecule has 0 aromatic heterocycles. The van der Waals surface area contributed by atoms with Gasteiger partial charge in [-0.3, -0.25) is 14.3 Å². The number of rotatable bonds is 8. The molecule has 8 nitrogen and oxygen atoms in total. The van der Waals surface area contributed by atoms with Crippen molar-refractivity contribution in [3.05, 3.63) is 0 Å². The molecule has 4 fully saturated rings. The van der Waals surface area contributed by atoms with E-state index in [1.165, 1.54) is 32.1 Å². The van der Waals surface area contributed by atoms with Crippen LogP contribution in [0.5, 0.6) is 0 Å². The summed E-state index contributed by atoms with van der Waals surface area (Å²) in [4.78, 5) is 14.3. The average molecular weight is 513 g/mol. The molecule has 0 unspecified atom stereocenters. The van der Waals surface area contributed by atoms with Gasteiger partial charge < -0.3 is 10.2 Å². The van der Waals surface area contributed by atoms with Gasteiger partial charge in [-0.15, -0.1) is 0 Å². The number of hydrogen-bond donors (Lipinski definition) is 2. The zero-order valence-electron chi connectivity index (χ0n) is 21.3. The van der Waals surface area contributed by atoms with E-state index in [1.807, 2.05) is 0 Å². The molecule has 0 radical (unpaired) electrons. The van der Waals surface area contributed by atoms with Gasteiger partial charge in [0.1, 0.15) is 6.54 Å². The highest BCUT2D eigenvalue weighted by Gasteiger charge is 2.60. The molecule has 0 aromatic carbocycles. The largest absolute Gasteiger partial charge is 0.862 e. The van der Waals surface area contributed by atoms with Crippen LogP contribution in [-0.4, -0.2) is 42.6 Å². The maximum Gasteiger partial charge on any atom is 0.397 e. The summed E-state index contributed by atoms with van der Waals surface area (Å²) in [6.07, 6.45) is 10.1. The van der Waals surface area contributed by atoms with Gasteiger partial charge in [-0.25, -0.2) is 4.18 Å². The minimum Gasteiger partial charge on any atom is -0.862 e. The average Bonchev–Trinajstić information content (AvgIpc) is 3.12. The zero-order valence-corrected chi connectivity index (χ0v) is 22.1. The van der Waals surface area contributed by atoms with Crippen molar-refractivity contribution in [1.82, 2.24) is 0 Å². The summed E-state index contributed by atoms with van der Waals surface area (Å²) in [5.41, 5.74) is 0.474. The number of carbonyl (C=O) groups is 1. The molecule has 0 bridgehead atoms. The predicted molar refractivity (Wildman–Crippen MR) is 130 cm³/mol. The van der Waals surface area contributed by atoms with Gasteiger partial charge in [0.05, 0.1) is 6.10 Å². The van der Waals surface area contributed by atoms with Crippen molar-refractivity contribution in [3.63, 3.8) is 0 Å². The third kappa shape index (κ3) is 5.42. The Morgan fingerprint density at radius 2 is 1.77 bits per heavy atom. The fourth-order valence-corrected chi connectivity index (χ4v) is 9.76. The van der Waals surface area contributed by atoms with Crippen LogP contribution in [0.15, 0.2) is 4.99 Å². The molecule has 9 atom stereocenters. The van der Waals surface area contributed by atoms with E-state index in [0.29, 0.717) is 54.8 Å². The first-order valence-corrected chi connectivity index (χ1v) is 14.8. The smallest absolute Gasteiger partial charge is 0.397 e. The normalized spacial score (nSPS) is 42.6. The molecule has 0 amide bonds. The maximum atomic E-state index is 12.0. The number of fused-ring (bicyclic) bond motifs is 5. The van der Waals surface area contributed by atoms with E-state index in [9.17, 15) is 18.3 Å². The quantitative estimate of drug-likeness (QED) is 0.284. The molecule has 2 N–H and O–H groups in total. The van der Waals surface area contributed by atoms with Crippen molar-refractivity contribution in [3.8, 4) is 0 Å². The molecule has 4 aliphatic rings. The van der Waals surface area contributed by atoms with E-state index in [2.05, 4.69) is 25.8 Å². The maximum absolute atomic E-state index is 12.0. The molecule has 0 aliphatic heterocycles. The van der Waals surface area contributed by atoms with Crippen molar-refractivity contribution in [2.75, 3.05) is 6.54 Å². The van der Waals surface area contributed by atoms with Crippen molar-refractivity contribution in [2.45, 2.75) is 97.5 Å². The molecular formula is C26H42NO7S-. The number of carboxylic acids is 1. The fraction of sp³-hybridized carbons (Fsp3) is 0.923. The first kappa shape index (κ1) is 26.9. The topological polar surface area (TPSA) is 136 Å². The summed E-state index contributed by atoms with van der Waals surface area (Å²) in [6.45, 7) is 6.71. The van der Waals surface area contributed by atoms with Crippen LogP contribution >= 0.6 is 0 Å². The summed E-state index contributed by atoms with van der Waals surface area (Å²) in [5, 5.41) is 20.7. The Morgan fingerprint density at radius 1 is 1.09 bits per heavy atom. The fourth-order valence-electron chi connectivity index (χ4n) is 9.24. The van der Waals surface area contributed by atoms with Crippen LogP contribution in [0, 0.1) is 46.3 Å². The Bertz CT molecular complexity index is 936. The highest BCUT2D eigenvalue weighted by Crippen LogP contribution is 2.68. The number of aliphatic carboxylic acids is 1. The number of aliphatic imine (C=N–C) groups is 1. The zero-order chi connectivity index (χ0) is 25.6. The Kier molecular flexibility index (Phi) is 7.62. The van der Waals surface area contributed by atoms with Gasteiger partial charge in [-0.1, -0.05) is 20.8 Å². The van der Waals surface area contributed by atoms with Crippen molar-refractivity contribution in [2.24, 2.45) is 51.3 Å². The van der Waals surface area contributed by atoms with Crippen LogP contribution in [0.25, 0.3) is 0 Å². The summed E-state index contributed by atoms with van der Waals surface area (Å²) >= 11 is 0. The molecule has 4 aliphatic carbocycles. The van der Waals surface area contributed by atoms with E-state index in [0.717, 1.165) is 19.3 Å². The van der Waals surface area contributed by atoms with Crippen molar-refractivity contribution >= 4 is 22.3 Å². The number of carboxylic acid groups (broad SMARTS) is 1. The highest BCUT2D eigenvalue weighted by atomic mass is 32.3. The summed E-state index contributed by atoms with van der Waals surface area (Å²) in [7, 11) is -4.41. The van der Waals surface area contributed by atoms with E-state index >= 15 is 0 Å². The van der Waals surface area contributed by atoms with Crippen LogP contribution in [0.1, 0.15) is 91.4 Å². The highest BCUT2D eigenvalue weighted by molar-refractivity contribution is 7.80. The van der Waals surface area contributed by atoms with Crippen LogP contribution in [0.3, 0.4) is 0 Å². The monoisotopic (exact) mass is 512 g/mol. The molecule has 0 saturated heterocycles. The third-order valence-corrected chi connectivity index (χ3v) is 11.4. The van der Waals surface area contributed by atoms with Gasteiger partial charge in [0, 0.05) is 0 Å². The van der Waals surface area contributed by atoms with E-state index < -0.39 is 29.0 Å². The van der Waals surface area contributed by atoms with Crippen molar-refractivity contribution in [1.29, 1.82) is 0 Å². The minimum absolute atomic E-state index is 0.199. The summed E-state index contributed by atoms with van der Waals surface area (Å²) in [6, 6.07) is 0. The van der Waals surface area contributed by atoms with Crippen LogP contribution in [0.4, 0.5) is 0 Å². The lowest BCUT2D eigenvalue weighted by Gasteiger charge is -2.61. The van der Waals surface area contributed by atoms with Crippen molar-refractivity contribution < 1.29 is 32.2 Å². The van der Waals surface area contributed by atoms with E-state index in [1.54, 1.807) is 0 Å². The van der Waals surface area contributed by atoms with E-state index in [-0.39, 0.29) is 16.7 Å². The molecule has 4 saturated carbocycles. The van der Waals surface area contributed by atoms with E-state index in [4.69, 9.17) is 13.8 Å². The Balaban J connectivity index is 1.41. The molecule has 35 heavy (non-hydrogen) atoms. The molecule has 0 heterocycles. The van der Waals surface area contributed by atoms with Gasteiger partial charge in [0.2, 0.25) is 0 Å². The molecule has 4 rings (SSSR count). The van der Waals surface area contributed by atoms with Crippen LogP contribution in [-0.2, 0) is 19.4 Å². The van der Waals surface area contributed by atoms with Gasteiger partial charge in [-0.05, 0) is 123 Å². The third-order valence-electron chi connectivity index (χ3n) is 10.8. The number of hydrogen-bond acceptors (Lipinski definition) is 6. The van der Waals surface area contributed by atoms with Gasteiger partial charge in [0.15, 0.2) is 0 Å². The number of nitrogens with zero attached hydrogens (tertiary/aromatic N) is 1. The van der Waals surface area contributed by atoms with Crippen LogP contribution < -0.4 is 5.11 Å².